The maximum absolute atomic E-state index is 4.79. The first-order valence-corrected chi connectivity index (χ1v) is 19.2. The van der Waals surface area contributed by atoms with E-state index in [-0.39, 0.29) is 0 Å². The number of pyridine rings is 1. The number of nitrogens with zero attached hydrogens (tertiary/aromatic N) is 3. The number of para-hydroxylation sites is 2. The topological polar surface area (TPSA) is 22.8 Å². The van der Waals surface area contributed by atoms with Gasteiger partial charge in [0.2, 0.25) is 0 Å². The summed E-state index contributed by atoms with van der Waals surface area (Å²) in [5.41, 5.74) is 9.49. The number of benzene rings is 9. The second kappa shape index (κ2) is 12.0. The molecule has 9 aromatic carbocycles. The van der Waals surface area contributed by atoms with Crippen molar-refractivity contribution < 1.29 is 0 Å². The smallest absolute Gasteiger partial charge is 0.137 e. The van der Waals surface area contributed by atoms with Gasteiger partial charge in [0.1, 0.15) is 5.82 Å². The van der Waals surface area contributed by atoms with Crippen molar-refractivity contribution in [2.24, 2.45) is 0 Å². The average Bonchev–Trinajstić information content (AvgIpc) is 3.86. The predicted molar refractivity (Wildman–Crippen MR) is 236 cm³/mol. The van der Waals surface area contributed by atoms with Gasteiger partial charge >= 0.3 is 0 Å². The van der Waals surface area contributed by atoms with Gasteiger partial charge in [-0.25, -0.2) is 4.98 Å². The van der Waals surface area contributed by atoms with Crippen LogP contribution in [0.4, 0.5) is 0 Å². The van der Waals surface area contributed by atoms with Crippen LogP contribution in [0.15, 0.2) is 200 Å². The molecule has 0 atom stereocenters. The Hall–Kier alpha value is -7.49. The van der Waals surface area contributed by atoms with Gasteiger partial charge in [0.25, 0.3) is 0 Å². The Balaban J connectivity index is 1.18. The number of fused-ring (bicyclic) bond motifs is 12. The van der Waals surface area contributed by atoms with Crippen molar-refractivity contribution in [1.82, 2.24) is 14.1 Å². The van der Waals surface area contributed by atoms with Gasteiger partial charge in [-0.3, -0.25) is 4.57 Å². The highest BCUT2D eigenvalue weighted by molar-refractivity contribution is 6.27. The predicted octanol–water partition coefficient (Wildman–Crippen LogP) is 14.1. The molecular weight excluding hydrogens is 679 g/mol. The lowest BCUT2D eigenvalue weighted by atomic mass is 9.86. The van der Waals surface area contributed by atoms with Crippen LogP contribution in [-0.2, 0) is 0 Å². The van der Waals surface area contributed by atoms with Gasteiger partial charge in [-0.05, 0) is 120 Å². The third-order valence-electron chi connectivity index (χ3n) is 11.8. The van der Waals surface area contributed by atoms with Gasteiger partial charge in [0.15, 0.2) is 0 Å². The summed E-state index contributed by atoms with van der Waals surface area (Å²) in [5.74, 6) is 0.917. The van der Waals surface area contributed by atoms with Crippen molar-refractivity contribution in [3.05, 3.63) is 200 Å². The average molecular weight is 712 g/mol. The van der Waals surface area contributed by atoms with Gasteiger partial charge in [0, 0.05) is 34.2 Å². The van der Waals surface area contributed by atoms with E-state index >= 15 is 0 Å². The minimum Gasteiger partial charge on any atom is -0.317 e. The van der Waals surface area contributed by atoms with E-state index in [0.29, 0.717) is 0 Å². The molecule has 0 aliphatic rings. The van der Waals surface area contributed by atoms with Crippen LogP contribution in [0.25, 0.3) is 110 Å². The maximum atomic E-state index is 4.79. The fourth-order valence-corrected chi connectivity index (χ4v) is 9.41. The standard InChI is InChI=1S/C53H33N3/c1-2-13-35(14-3-1)55-32-30-46-48(55)28-26-36(34-24-25-41-39-17-5-4-15-37(39)38-16-6-7-18-40(38)47(41)33-34)52(46)43-20-12-21-44-42(43)27-29-50-53(44)45-19-8-9-22-49(45)56(50)51-23-10-11-31-54-51/h1-33H. The highest BCUT2D eigenvalue weighted by Crippen LogP contribution is 2.46. The molecule has 3 heterocycles. The summed E-state index contributed by atoms with van der Waals surface area (Å²) in [6, 6.07) is 68.6. The number of hydrogen-bond acceptors (Lipinski definition) is 1. The van der Waals surface area contributed by atoms with E-state index in [9.17, 15) is 0 Å². The molecule has 56 heavy (non-hydrogen) atoms. The molecule has 0 amide bonds. The van der Waals surface area contributed by atoms with Crippen LogP contribution >= 0.6 is 0 Å². The largest absolute Gasteiger partial charge is 0.317 e. The first-order valence-electron chi connectivity index (χ1n) is 19.2. The highest BCUT2D eigenvalue weighted by Gasteiger charge is 2.21. The molecular formula is C53H33N3. The first-order chi connectivity index (χ1) is 27.8. The van der Waals surface area contributed by atoms with Crippen LogP contribution in [0.5, 0.6) is 0 Å². The molecule has 12 rings (SSSR count). The van der Waals surface area contributed by atoms with Crippen molar-refractivity contribution in [2.75, 3.05) is 0 Å². The lowest BCUT2D eigenvalue weighted by Gasteiger charge is -2.17. The molecule has 3 heteroatoms. The summed E-state index contributed by atoms with van der Waals surface area (Å²) in [7, 11) is 0. The van der Waals surface area contributed by atoms with Crippen LogP contribution in [0.3, 0.4) is 0 Å². The van der Waals surface area contributed by atoms with Crippen molar-refractivity contribution in [3.63, 3.8) is 0 Å². The Labute approximate surface area is 322 Å². The molecule has 0 spiro atoms. The monoisotopic (exact) mass is 711 g/mol. The molecule has 0 fully saturated rings. The summed E-state index contributed by atoms with van der Waals surface area (Å²) >= 11 is 0. The zero-order valence-corrected chi connectivity index (χ0v) is 30.4. The van der Waals surface area contributed by atoms with E-state index < -0.39 is 0 Å². The van der Waals surface area contributed by atoms with Crippen LogP contribution < -0.4 is 0 Å². The molecule has 0 radical (unpaired) electrons. The van der Waals surface area contributed by atoms with Crippen LogP contribution in [-0.4, -0.2) is 14.1 Å². The van der Waals surface area contributed by atoms with Crippen molar-refractivity contribution >= 4 is 75.8 Å². The molecule has 3 aromatic heterocycles. The molecule has 0 bridgehead atoms. The molecule has 0 N–H and O–H groups in total. The summed E-state index contributed by atoms with van der Waals surface area (Å²) in [5, 5.41) is 13.8. The van der Waals surface area contributed by atoms with Gasteiger partial charge in [-0.1, -0.05) is 133 Å². The van der Waals surface area contributed by atoms with Gasteiger partial charge in [-0.2, -0.15) is 0 Å². The minimum atomic E-state index is 0.917. The van der Waals surface area contributed by atoms with Gasteiger partial charge in [0.05, 0.1) is 16.6 Å². The van der Waals surface area contributed by atoms with Crippen molar-refractivity contribution in [1.29, 1.82) is 0 Å². The van der Waals surface area contributed by atoms with E-state index in [2.05, 4.69) is 197 Å². The summed E-state index contributed by atoms with van der Waals surface area (Å²) in [4.78, 5) is 4.79. The number of rotatable bonds is 4. The van der Waals surface area contributed by atoms with E-state index in [1.54, 1.807) is 0 Å². The first kappa shape index (κ1) is 30.9. The number of hydrogen-bond donors (Lipinski definition) is 0. The van der Waals surface area contributed by atoms with Gasteiger partial charge in [-0.15, -0.1) is 0 Å². The highest BCUT2D eigenvalue weighted by atomic mass is 15.1. The van der Waals surface area contributed by atoms with Gasteiger partial charge < -0.3 is 4.57 Å². The second-order valence-electron chi connectivity index (χ2n) is 14.7. The van der Waals surface area contributed by atoms with E-state index in [0.717, 1.165) is 22.5 Å². The minimum absolute atomic E-state index is 0.917. The van der Waals surface area contributed by atoms with E-state index in [4.69, 9.17) is 4.98 Å². The third kappa shape index (κ3) is 4.43. The molecule has 0 unspecified atom stereocenters. The van der Waals surface area contributed by atoms with Crippen molar-refractivity contribution in [3.8, 4) is 33.8 Å². The van der Waals surface area contributed by atoms with E-state index in [1.807, 2.05) is 12.3 Å². The zero-order valence-electron chi connectivity index (χ0n) is 30.4. The molecule has 12 aromatic rings. The Kier molecular flexibility index (Phi) is 6.63. The molecule has 0 saturated carbocycles. The Morgan fingerprint density at radius 2 is 1.00 bits per heavy atom. The quantitative estimate of drug-likeness (QED) is 0.167. The lowest BCUT2D eigenvalue weighted by Crippen LogP contribution is -1.96. The SMILES string of the molecule is c1ccc(-n2ccc3c(-c4cccc5c4ccc4c5c5ccccc5n4-c4ccccn4)c(-c4ccc5c6ccccc6c6ccccc6c5c4)ccc32)cc1. The third-order valence-corrected chi connectivity index (χ3v) is 11.8. The summed E-state index contributed by atoms with van der Waals surface area (Å²) in [6.45, 7) is 0. The summed E-state index contributed by atoms with van der Waals surface area (Å²) < 4.78 is 4.61. The normalized spacial score (nSPS) is 11.9. The maximum Gasteiger partial charge on any atom is 0.137 e. The Bertz CT molecular complexity index is 3480. The molecule has 3 nitrogen and oxygen atoms in total. The molecule has 260 valence electrons. The van der Waals surface area contributed by atoms with Crippen LogP contribution in [0.2, 0.25) is 0 Å². The molecule has 0 saturated heterocycles. The fourth-order valence-electron chi connectivity index (χ4n) is 9.41. The molecule has 0 aliphatic carbocycles. The lowest BCUT2D eigenvalue weighted by molar-refractivity contribution is 1.08. The van der Waals surface area contributed by atoms with E-state index in [1.165, 1.54) is 87.0 Å². The number of aromatic nitrogens is 3. The Morgan fingerprint density at radius 1 is 0.357 bits per heavy atom. The zero-order chi connectivity index (χ0) is 36.7. The Morgan fingerprint density at radius 3 is 1.77 bits per heavy atom. The second-order valence-corrected chi connectivity index (χ2v) is 14.7. The fraction of sp³-hybridized carbons (Fsp3) is 0. The summed E-state index contributed by atoms with van der Waals surface area (Å²) in [6.07, 6.45) is 4.09. The van der Waals surface area contributed by atoms with Crippen molar-refractivity contribution in [2.45, 2.75) is 0 Å². The van der Waals surface area contributed by atoms with Crippen LogP contribution in [0, 0.1) is 0 Å². The van der Waals surface area contributed by atoms with Crippen LogP contribution in [0.1, 0.15) is 0 Å². The molecule has 0 aliphatic heterocycles.